The molecule has 5 nitrogen and oxygen atoms in total. The Labute approximate surface area is 99.5 Å². The number of alkyl halides is 1. The van der Waals surface area contributed by atoms with E-state index in [1.165, 1.54) is 0 Å². The fraction of sp³-hybridized carbons (Fsp3) is 0.300. The molecule has 0 fully saturated rings. The van der Waals surface area contributed by atoms with Gasteiger partial charge >= 0.3 is 5.97 Å². The number of hydrogen-bond acceptors (Lipinski definition) is 5. The third-order valence-corrected chi connectivity index (χ3v) is 3.01. The number of carbonyl (C=O) groups is 1. The fourth-order valence-corrected chi connectivity index (χ4v) is 2.13. The maximum absolute atomic E-state index is 13.7. The van der Waals surface area contributed by atoms with Crippen LogP contribution >= 0.6 is 11.3 Å². The van der Waals surface area contributed by atoms with Gasteiger partial charge in [-0.15, -0.1) is 11.3 Å². The summed E-state index contributed by atoms with van der Waals surface area (Å²) in [6.45, 7) is 1.62. The van der Waals surface area contributed by atoms with Crippen molar-refractivity contribution in [3.05, 3.63) is 28.1 Å². The lowest BCUT2D eigenvalue weighted by molar-refractivity contribution is -0.153. The van der Waals surface area contributed by atoms with Gasteiger partial charge in [0.2, 0.25) is 0 Å². The first-order valence-electron chi connectivity index (χ1n) is 4.90. The third kappa shape index (κ3) is 2.05. The molecule has 0 aliphatic rings. The average Bonchev–Trinajstić information content (AvgIpc) is 2.78. The highest BCUT2D eigenvalue weighted by Gasteiger charge is 2.23. The van der Waals surface area contributed by atoms with E-state index in [-0.39, 0.29) is 6.61 Å². The third-order valence-electron chi connectivity index (χ3n) is 2.12. The van der Waals surface area contributed by atoms with Gasteiger partial charge in [-0.25, -0.2) is 14.2 Å². The SMILES string of the molecule is CCOC(=O)C(F)n1cnc2ccsc2c1=O. The Hall–Kier alpha value is -1.76. The number of aromatic nitrogens is 2. The van der Waals surface area contributed by atoms with Crippen LogP contribution in [-0.2, 0) is 9.53 Å². The molecule has 90 valence electrons. The van der Waals surface area contributed by atoms with Crippen LogP contribution in [0.3, 0.4) is 0 Å². The lowest BCUT2D eigenvalue weighted by Gasteiger charge is -2.09. The van der Waals surface area contributed by atoms with E-state index in [9.17, 15) is 14.0 Å². The Morgan fingerprint density at radius 1 is 1.71 bits per heavy atom. The Morgan fingerprint density at radius 2 is 2.47 bits per heavy atom. The summed E-state index contributed by atoms with van der Waals surface area (Å²) in [6, 6.07) is 1.66. The number of nitrogens with zero attached hydrogens (tertiary/aromatic N) is 2. The van der Waals surface area contributed by atoms with Gasteiger partial charge in [-0.3, -0.25) is 9.36 Å². The van der Waals surface area contributed by atoms with E-state index in [0.717, 1.165) is 17.7 Å². The van der Waals surface area contributed by atoms with E-state index in [1.807, 2.05) is 0 Å². The second-order valence-electron chi connectivity index (χ2n) is 3.18. The summed E-state index contributed by atoms with van der Waals surface area (Å²) in [5.74, 6) is -1.09. The lowest BCUT2D eigenvalue weighted by atomic mass is 10.4. The van der Waals surface area contributed by atoms with Gasteiger partial charge in [0, 0.05) is 0 Å². The van der Waals surface area contributed by atoms with Crippen molar-refractivity contribution in [3.63, 3.8) is 0 Å². The van der Waals surface area contributed by atoms with Crippen molar-refractivity contribution in [1.29, 1.82) is 0 Å². The van der Waals surface area contributed by atoms with Gasteiger partial charge in [0.15, 0.2) is 0 Å². The molecule has 2 aromatic rings. The van der Waals surface area contributed by atoms with Gasteiger partial charge in [-0.2, -0.15) is 0 Å². The molecule has 0 spiro atoms. The number of carbonyl (C=O) groups excluding carboxylic acids is 1. The number of thiophene rings is 1. The molecular formula is C10H9FN2O3S. The highest BCUT2D eigenvalue weighted by Crippen LogP contribution is 2.15. The van der Waals surface area contributed by atoms with E-state index in [1.54, 1.807) is 18.4 Å². The smallest absolute Gasteiger partial charge is 0.362 e. The van der Waals surface area contributed by atoms with Crippen LogP contribution < -0.4 is 5.56 Å². The predicted octanol–water partition coefficient (Wildman–Crippen LogP) is 1.49. The number of fused-ring (bicyclic) bond motifs is 1. The minimum Gasteiger partial charge on any atom is -0.462 e. The summed E-state index contributed by atoms with van der Waals surface area (Å²) in [7, 11) is 0. The Bertz CT molecular complexity index is 607. The summed E-state index contributed by atoms with van der Waals surface area (Å²) >= 11 is 1.16. The first-order chi connectivity index (χ1) is 8.15. The highest BCUT2D eigenvalue weighted by atomic mass is 32.1. The second-order valence-corrected chi connectivity index (χ2v) is 4.10. The summed E-state index contributed by atoms with van der Waals surface area (Å²) in [5.41, 5.74) is -0.0853. The molecule has 2 aromatic heterocycles. The van der Waals surface area contributed by atoms with Crippen LogP contribution in [-0.4, -0.2) is 22.1 Å². The molecule has 0 aromatic carbocycles. The lowest BCUT2D eigenvalue weighted by Crippen LogP contribution is -2.28. The van der Waals surface area contributed by atoms with E-state index < -0.39 is 17.8 Å². The van der Waals surface area contributed by atoms with E-state index in [2.05, 4.69) is 9.72 Å². The Kier molecular flexibility index (Phi) is 3.19. The molecule has 1 atom stereocenters. The van der Waals surface area contributed by atoms with Crippen molar-refractivity contribution in [2.45, 2.75) is 13.2 Å². The molecule has 17 heavy (non-hydrogen) atoms. The van der Waals surface area contributed by atoms with Crippen LogP contribution in [0.1, 0.15) is 13.2 Å². The quantitative estimate of drug-likeness (QED) is 0.780. The maximum Gasteiger partial charge on any atom is 0.362 e. The van der Waals surface area contributed by atoms with Crippen LogP contribution in [0.5, 0.6) is 0 Å². The largest absolute Gasteiger partial charge is 0.462 e. The van der Waals surface area contributed by atoms with Crippen LogP contribution in [0.25, 0.3) is 10.2 Å². The highest BCUT2D eigenvalue weighted by molar-refractivity contribution is 7.17. The van der Waals surface area contributed by atoms with E-state index in [0.29, 0.717) is 14.8 Å². The molecule has 2 heterocycles. The van der Waals surface area contributed by atoms with Gasteiger partial charge in [-0.1, -0.05) is 0 Å². The molecule has 0 N–H and O–H groups in total. The molecule has 0 aliphatic carbocycles. The van der Waals surface area contributed by atoms with Crippen LogP contribution in [0.15, 0.2) is 22.6 Å². The topological polar surface area (TPSA) is 61.2 Å². The number of halogens is 1. The zero-order valence-corrected chi connectivity index (χ0v) is 9.74. The van der Waals surface area contributed by atoms with Crippen molar-refractivity contribution in [2.75, 3.05) is 6.61 Å². The maximum atomic E-state index is 13.7. The fourth-order valence-electron chi connectivity index (χ4n) is 1.34. The molecular weight excluding hydrogens is 247 g/mol. The molecule has 1 unspecified atom stereocenters. The molecule has 0 amide bonds. The molecule has 2 rings (SSSR count). The van der Waals surface area contributed by atoms with Gasteiger partial charge < -0.3 is 4.74 Å². The molecule has 0 bridgehead atoms. The van der Waals surface area contributed by atoms with Crippen molar-refractivity contribution < 1.29 is 13.9 Å². The summed E-state index contributed by atoms with van der Waals surface area (Å²) < 4.78 is 19.1. The molecule has 0 saturated heterocycles. The number of ether oxygens (including phenoxy) is 1. The zero-order chi connectivity index (χ0) is 12.4. The number of rotatable bonds is 3. The average molecular weight is 256 g/mol. The van der Waals surface area contributed by atoms with Gasteiger partial charge in [0.1, 0.15) is 11.0 Å². The van der Waals surface area contributed by atoms with Crippen molar-refractivity contribution in [3.8, 4) is 0 Å². The zero-order valence-electron chi connectivity index (χ0n) is 8.92. The first kappa shape index (κ1) is 11.7. The van der Waals surface area contributed by atoms with Crippen LogP contribution in [0.2, 0.25) is 0 Å². The molecule has 0 radical (unpaired) electrons. The number of hydrogen-bond donors (Lipinski definition) is 0. The van der Waals surface area contributed by atoms with Crippen molar-refractivity contribution in [2.24, 2.45) is 0 Å². The minimum absolute atomic E-state index is 0.0582. The monoisotopic (exact) mass is 256 g/mol. The second kappa shape index (κ2) is 4.62. The summed E-state index contributed by atoms with van der Waals surface area (Å²) in [6.07, 6.45) is -1.14. The Morgan fingerprint density at radius 3 is 3.18 bits per heavy atom. The summed E-state index contributed by atoms with van der Waals surface area (Å²) in [5, 5.41) is 1.68. The standard InChI is InChI=1S/C10H9FN2O3S/c1-2-16-10(15)8(11)13-5-12-6-3-4-17-7(6)9(13)14/h3-5,8H,2H2,1H3. The minimum atomic E-state index is -2.15. The molecule has 7 heteroatoms. The molecule has 0 saturated carbocycles. The number of esters is 1. The molecule has 0 aliphatic heterocycles. The van der Waals surface area contributed by atoms with Gasteiger partial charge in [0.05, 0.1) is 12.1 Å². The first-order valence-corrected chi connectivity index (χ1v) is 5.78. The van der Waals surface area contributed by atoms with Crippen molar-refractivity contribution >= 4 is 27.5 Å². The van der Waals surface area contributed by atoms with Gasteiger partial charge in [-0.05, 0) is 18.4 Å². The van der Waals surface area contributed by atoms with Gasteiger partial charge in [0.25, 0.3) is 11.9 Å². The normalized spacial score (nSPS) is 12.6. The van der Waals surface area contributed by atoms with Crippen LogP contribution in [0, 0.1) is 0 Å². The van der Waals surface area contributed by atoms with E-state index in [4.69, 9.17) is 0 Å². The van der Waals surface area contributed by atoms with Crippen molar-refractivity contribution in [1.82, 2.24) is 9.55 Å². The predicted molar refractivity (Wildman–Crippen MR) is 60.7 cm³/mol. The Balaban J connectivity index is 2.45. The van der Waals surface area contributed by atoms with Crippen LogP contribution in [0.4, 0.5) is 4.39 Å². The van der Waals surface area contributed by atoms with E-state index >= 15 is 0 Å². The summed E-state index contributed by atoms with van der Waals surface area (Å²) in [4.78, 5) is 26.9.